The molecular weight excluding hydrogens is 369 g/mol. The number of hydrogen-bond donors (Lipinski definition) is 0. The number of para-hydroxylation sites is 1. The Hall–Kier alpha value is -1.95. The fourth-order valence-corrected chi connectivity index (χ4v) is 3.32. The van der Waals surface area contributed by atoms with Gasteiger partial charge < -0.3 is 4.57 Å². The third kappa shape index (κ3) is 2.40. The average Bonchev–Trinajstić information content (AvgIpc) is 2.90. The van der Waals surface area contributed by atoms with Crippen LogP contribution in [0.1, 0.15) is 11.1 Å². The number of aryl methyl sites for hydroxylation is 2. The van der Waals surface area contributed by atoms with Crippen LogP contribution in [-0.2, 0) is 39.8 Å². The first-order valence-corrected chi connectivity index (χ1v) is 7.52. The quantitative estimate of drug-likeness (QED) is 0.435. The molecule has 0 spiro atoms. The number of aromatic nitrogens is 1. The minimum Gasteiger partial charge on any atom is -0.384 e. The maximum atomic E-state index is 9.53. The van der Waals surface area contributed by atoms with Crippen molar-refractivity contribution in [2.45, 2.75) is 6.92 Å². The number of fused-ring (bicyclic) bond motifs is 3. The van der Waals surface area contributed by atoms with E-state index in [2.05, 4.69) is 41.9 Å². The van der Waals surface area contributed by atoms with Gasteiger partial charge in [0.15, 0.2) is 0 Å². The van der Waals surface area contributed by atoms with Gasteiger partial charge in [0.2, 0.25) is 0 Å². The van der Waals surface area contributed by atoms with Crippen molar-refractivity contribution in [2.24, 2.45) is 7.05 Å². The molecule has 0 amide bonds. The molecule has 113 valence electrons. The first-order valence-electron chi connectivity index (χ1n) is 7.52. The predicted octanol–water partition coefficient (Wildman–Crippen LogP) is 4.78. The molecule has 1 radical (unpaired) electrons. The fraction of sp³-hybridized carbons (Fsp3) is 0.0952. The van der Waals surface area contributed by atoms with E-state index in [-0.39, 0.29) is 32.7 Å². The number of hydrogen-bond acceptors (Lipinski definition) is 1. The molecule has 0 aliphatic carbocycles. The van der Waals surface area contributed by atoms with Gasteiger partial charge in [0.1, 0.15) is 0 Å². The van der Waals surface area contributed by atoms with Crippen LogP contribution >= 0.6 is 0 Å². The Labute approximate surface area is 166 Å². The molecule has 1 aromatic heterocycles. The average molecular weight is 383 g/mol. The zero-order valence-corrected chi connectivity index (χ0v) is 16.4. The van der Waals surface area contributed by atoms with Crippen LogP contribution in [0.5, 0.6) is 0 Å². The largest absolute Gasteiger partial charge is 0.384 e. The molecule has 3 heteroatoms. The molecule has 0 N–H and O–H groups in total. The van der Waals surface area contributed by atoms with Crippen LogP contribution in [0.4, 0.5) is 0 Å². The summed E-state index contributed by atoms with van der Waals surface area (Å²) < 4.78 is 2.19. The first kappa shape index (κ1) is 16.9. The van der Waals surface area contributed by atoms with Crippen molar-refractivity contribution in [2.75, 3.05) is 0 Å². The van der Waals surface area contributed by atoms with Crippen LogP contribution in [0.2, 0.25) is 0 Å². The second-order valence-electron chi connectivity index (χ2n) is 5.69. The van der Waals surface area contributed by atoms with Gasteiger partial charge in [-0.05, 0) is 17.5 Å². The number of rotatable bonds is 1. The standard InChI is InChI=1S/C21H14N2.Y/c1-14-16(13-22)12-18(15-8-4-3-5-9-15)21-20(14)17-10-6-7-11-19(17)23(21)2;/h3-8,10-11H,1-2H3;/q-2;. The summed E-state index contributed by atoms with van der Waals surface area (Å²) >= 11 is 0. The van der Waals surface area contributed by atoms with Crippen molar-refractivity contribution in [3.8, 4) is 17.2 Å². The monoisotopic (exact) mass is 383 g/mol. The Balaban J connectivity index is 0.00000169. The van der Waals surface area contributed by atoms with E-state index in [9.17, 15) is 5.26 Å². The molecule has 0 bridgehead atoms. The fourth-order valence-electron chi connectivity index (χ4n) is 3.32. The molecule has 0 aliphatic heterocycles. The maximum absolute atomic E-state index is 9.53. The van der Waals surface area contributed by atoms with Crippen LogP contribution in [-0.4, -0.2) is 4.57 Å². The Morgan fingerprint density at radius 2 is 1.83 bits per heavy atom. The maximum Gasteiger partial charge on any atom is 0.0402 e. The topological polar surface area (TPSA) is 28.7 Å². The van der Waals surface area contributed by atoms with E-state index >= 15 is 0 Å². The van der Waals surface area contributed by atoms with Gasteiger partial charge in [0, 0.05) is 45.3 Å². The summed E-state index contributed by atoms with van der Waals surface area (Å²) in [6.45, 7) is 2.00. The van der Waals surface area contributed by atoms with Crippen LogP contribution < -0.4 is 0 Å². The van der Waals surface area contributed by atoms with Crippen LogP contribution in [0.25, 0.3) is 32.9 Å². The van der Waals surface area contributed by atoms with E-state index in [1.807, 2.05) is 43.3 Å². The van der Waals surface area contributed by atoms with Crippen molar-refractivity contribution >= 4 is 21.8 Å². The molecule has 24 heavy (non-hydrogen) atoms. The molecule has 4 aromatic rings. The molecule has 0 fully saturated rings. The smallest absolute Gasteiger partial charge is 0.0402 e. The number of nitrogens with zero attached hydrogens (tertiary/aromatic N) is 2. The summed E-state index contributed by atoms with van der Waals surface area (Å²) in [5, 5.41) is 11.8. The van der Waals surface area contributed by atoms with Gasteiger partial charge in [0.05, 0.1) is 0 Å². The predicted molar refractivity (Wildman–Crippen MR) is 93.0 cm³/mol. The minimum absolute atomic E-state index is 0. The Morgan fingerprint density at radius 1 is 1.08 bits per heavy atom. The molecule has 4 rings (SSSR count). The van der Waals surface area contributed by atoms with Crippen molar-refractivity contribution in [1.29, 1.82) is 5.26 Å². The van der Waals surface area contributed by atoms with Gasteiger partial charge in [0.25, 0.3) is 0 Å². The molecule has 0 atom stereocenters. The second kappa shape index (κ2) is 6.51. The molecule has 3 aromatic carbocycles. The van der Waals surface area contributed by atoms with Crippen molar-refractivity contribution < 1.29 is 32.7 Å². The van der Waals surface area contributed by atoms with E-state index in [1.54, 1.807) is 0 Å². The van der Waals surface area contributed by atoms with Gasteiger partial charge in [-0.1, -0.05) is 47.2 Å². The summed E-state index contributed by atoms with van der Waals surface area (Å²) in [4.78, 5) is 0. The second-order valence-corrected chi connectivity index (χ2v) is 5.69. The Morgan fingerprint density at radius 3 is 2.54 bits per heavy atom. The molecule has 0 saturated heterocycles. The van der Waals surface area contributed by atoms with Crippen LogP contribution in [0.15, 0.2) is 48.5 Å². The van der Waals surface area contributed by atoms with Crippen molar-refractivity contribution in [3.05, 3.63) is 71.8 Å². The zero-order valence-electron chi connectivity index (χ0n) is 13.6. The van der Waals surface area contributed by atoms with E-state index in [4.69, 9.17) is 0 Å². The summed E-state index contributed by atoms with van der Waals surface area (Å²) in [5.74, 6) is 0. The summed E-state index contributed by atoms with van der Waals surface area (Å²) in [6, 6.07) is 25.0. The molecule has 0 aliphatic rings. The SMILES string of the molecule is Cc1c(C#N)[c-]c(-c2[c-]cccc2)c2c1c1ccccc1n2C.[Y]. The van der Waals surface area contributed by atoms with Gasteiger partial charge in [-0.15, -0.1) is 6.07 Å². The molecular formula is C21H14N2Y-2. The third-order valence-corrected chi connectivity index (χ3v) is 4.43. The van der Waals surface area contributed by atoms with E-state index < -0.39 is 0 Å². The van der Waals surface area contributed by atoms with Crippen LogP contribution in [0.3, 0.4) is 0 Å². The molecule has 1 heterocycles. The normalized spacial score (nSPS) is 10.5. The molecule has 2 nitrogen and oxygen atoms in total. The van der Waals surface area contributed by atoms with Gasteiger partial charge in [-0.3, -0.25) is 0 Å². The summed E-state index contributed by atoms with van der Waals surface area (Å²) in [7, 11) is 2.07. The summed E-state index contributed by atoms with van der Waals surface area (Å²) in [5.41, 5.74) is 5.73. The van der Waals surface area contributed by atoms with Gasteiger partial charge >= 0.3 is 0 Å². The van der Waals surface area contributed by atoms with Gasteiger partial charge in [-0.2, -0.15) is 35.9 Å². The Kier molecular flexibility index (Phi) is 4.59. The van der Waals surface area contributed by atoms with Crippen molar-refractivity contribution in [1.82, 2.24) is 4.57 Å². The Bertz CT molecular complexity index is 1090. The van der Waals surface area contributed by atoms with E-state index in [1.165, 1.54) is 5.39 Å². The molecule has 0 saturated carbocycles. The van der Waals surface area contributed by atoms with Crippen molar-refractivity contribution in [3.63, 3.8) is 0 Å². The summed E-state index contributed by atoms with van der Waals surface area (Å²) in [6.07, 6.45) is 0. The first-order chi connectivity index (χ1) is 11.2. The van der Waals surface area contributed by atoms with Crippen LogP contribution in [0, 0.1) is 30.4 Å². The number of nitriles is 1. The van der Waals surface area contributed by atoms with E-state index in [0.717, 1.165) is 33.1 Å². The van der Waals surface area contributed by atoms with E-state index in [0.29, 0.717) is 5.56 Å². The zero-order chi connectivity index (χ0) is 16.0. The molecule has 0 unspecified atom stereocenters. The minimum atomic E-state index is 0. The third-order valence-electron chi connectivity index (χ3n) is 4.43. The number of benzene rings is 3. The van der Waals surface area contributed by atoms with Gasteiger partial charge in [-0.25, -0.2) is 10.8 Å².